The van der Waals surface area contributed by atoms with Crippen molar-refractivity contribution in [2.45, 2.75) is 12.8 Å². The van der Waals surface area contributed by atoms with E-state index in [0.717, 1.165) is 35.6 Å². The summed E-state index contributed by atoms with van der Waals surface area (Å²) >= 11 is 1.63. The van der Waals surface area contributed by atoms with E-state index in [9.17, 15) is 4.39 Å². The van der Waals surface area contributed by atoms with Gasteiger partial charge in [-0.25, -0.2) is 9.37 Å². The van der Waals surface area contributed by atoms with Crippen molar-refractivity contribution < 1.29 is 4.39 Å². The number of hydrogen-bond donors (Lipinski definition) is 1. The minimum absolute atomic E-state index is 0.121. The number of thiazole rings is 1. The van der Waals surface area contributed by atoms with Crippen molar-refractivity contribution in [3.05, 3.63) is 59.1 Å². The van der Waals surface area contributed by atoms with Crippen LogP contribution < -0.4 is 5.32 Å². The van der Waals surface area contributed by atoms with E-state index in [-0.39, 0.29) is 5.82 Å². The summed E-state index contributed by atoms with van der Waals surface area (Å²) in [5.74, 6) is 0.209. The molecule has 3 nitrogen and oxygen atoms in total. The molecule has 0 radical (unpaired) electrons. The zero-order valence-electron chi connectivity index (χ0n) is 11.9. The third kappa shape index (κ3) is 3.31. The smallest absolute Gasteiger partial charge is 0.193 e. The molecule has 0 saturated heterocycles. The summed E-state index contributed by atoms with van der Waals surface area (Å²) in [6.07, 6.45) is 5.65. The standard InChI is InChI=1S/C16H18FN3S/c1-18-10-12(8-13-4-2-3-5-15(13)17)9-14-11-20-6-7-21-16(20)19-14/h2-7,11-12,18H,8-10H2,1H3. The highest BCUT2D eigenvalue weighted by Gasteiger charge is 2.14. The van der Waals surface area contributed by atoms with Crippen LogP contribution in [0.25, 0.3) is 4.96 Å². The van der Waals surface area contributed by atoms with Gasteiger partial charge in [0.25, 0.3) is 0 Å². The molecule has 1 unspecified atom stereocenters. The normalized spacial score (nSPS) is 12.9. The second-order valence-electron chi connectivity index (χ2n) is 5.25. The summed E-state index contributed by atoms with van der Waals surface area (Å²) in [7, 11) is 1.93. The maximum absolute atomic E-state index is 13.8. The van der Waals surface area contributed by atoms with Gasteiger partial charge < -0.3 is 5.32 Å². The van der Waals surface area contributed by atoms with E-state index in [2.05, 4.69) is 16.5 Å². The number of nitrogens with zero attached hydrogens (tertiary/aromatic N) is 2. The third-order valence-electron chi connectivity index (χ3n) is 3.60. The van der Waals surface area contributed by atoms with Crippen LogP contribution >= 0.6 is 11.3 Å². The summed E-state index contributed by atoms with van der Waals surface area (Å²) in [5, 5.41) is 5.23. The summed E-state index contributed by atoms with van der Waals surface area (Å²) in [5.41, 5.74) is 1.84. The largest absolute Gasteiger partial charge is 0.319 e. The van der Waals surface area contributed by atoms with Gasteiger partial charge in [-0.3, -0.25) is 4.40 Å². The van der Waals surface area contributed by atoms with Crippen LogP contribution in [0.3, 0.4) is 0 Å². The van der Waals surface area contributed by atoms with E-state index in [1.807, 2.05) is 35.2 Å². The number of rotatable bonds is 6. The highest BCUT2D eigenvalue weighted by atomic mass is 32.1. The lowest BCUT2D eigenvalue weighted by atomic mass is 9.94. The molecule has 0 aliphatic heterocycles. The monoisotopic (exact) mass is 303 g/mol. The fourth-order valence-corrected chi connectivity index (χ4v) is 3.37. The molecule has 1 aromatic carbocycles. The number of fused-ring (bicyclic) bond motifs is 1. The van der Waals surface area contributed by atoms with Gasteiger partial charge in [0.15, 0.2) is 4.96 Å². The number of imidazole rings is 1. The molecular weight excluding hydrogens is 285 g/mol. The first-order valence-corrected chi connectivity index (χ1v) is 7.93. The van der Waals surface area contributed by atoms with E-state index in [1.54, 1.807) is 17.4 Å². The quantitative estimate of drug-likeness (QED) is 0.758. The van der Waals surface area contributed by atoms with Crippen molar-refractivity contribution in [1.82, 2.24) is 14.7 Å². The average Bonchev–Trinajstić information content (AvgIpc) is 3.02. The highest BCUT2D eigenvalue weighted by molar-refractivity contribution is 7.15. The van der Waals surface area contributed by atoms with Crippen LogP contribution in [0, 0.1) is 11.7 Å². The fraction of sp³-hybridized carbons (Fsp3) is 0.312. The number of benzene rings is 1. The molecule has 1 N–H and O–H groups in total. The molecule has 5 heteroatoms. The van der Waals surface area contributed by atoms with Crippen molar-refractivity contribution in [2.24, 2.45) is 5.92 Å². The van der Waals surface area contributed by atoms with Crippen molar-refractivity contribution in [3.8, 4) is 0 Å². The van der Waals surface area contributed by atoms with Crippen LogP contribution in [0.1, 0.15) is 11.3 Å². The van der Waals surface area contributed by atoms with Crippen molar-refractivity contribution in [3.63, 3.8) is 0 Å². The molecule has 0 fully saturated rings. The van der Waals surface area contributed by atoms with E-state index < -0.39 is 0 Å². The summed E-state index contributed by atoms with van der Waals surface area (Å²) in [6, 6.07) is 7.01. The van der Waals surface area contributed by atoms with Crippen LogP contribution in [-0.2, 0) is 12.8 Å². The average molecular weight is 303 g/mol. The van der Waals surface area contributed by atoms with E-state index in [1.165, 1.54) is 6.07 Å². The molecule has 21 heavy (non-hydrogen) atoms. The van der Waals surface area contributed by atoms with Crippen molar-refractivity contribution in [2.75, 3.05) is 13.6 Å². The van der Waals surface area contributed by atoms with E-state index >= 15 is 0 Å². The Morgan fingerprint density at radius 3 is 2.95 bits per heavy atom. The highest BCUT2D eigenvalue weighted by Crippen LogP contribution is 2.18. The first-order valence-electron chi connectivity index (χ1n) is 7.05. The molecule has 3 aromatic rings. The van der Waals surface area contributed by atoms with Crippen LogP contribution in [0.2, 0.25) is 0 Å². The maximum Gasteiger partial charge on any atom is 0.193 e. The second kappa shape index (κ2) is 6.37. The van der Waals surface area contributed by atoms with Gasteiger partial charge in [0.1, 0.15) is 5.82 Å². The molecule has 0 aliphatic rings. The van der Waals surface area contributed by atoms with Gasteiger partial charge in [-0.1, -0.05) is 18.2 Å². The molecular formula is C16H18FN3S. The lowest BCUT2D eigenvalue weighted by Crippen LogP contribution is -2.23. The van der Waals surface area contributed by atoms with Crippen molar-refractivity contribution in [1.29, 1.82) is 0 Å². The summed E-state index contributed by atoms with van der Waals surface area (Å²) in [6.45, 7) is 0.847. The molecule has 1 atom stereocenters. The Morgan fingerprint density at radius 2 is 2.19 bits per heavy atom. The molecule has 0 spiro atoms. The Balaban J connectivity index is 1.75. The molecule has 0 bridgehead atoms. The Morgan fingerprint density at radius 1 is 1.33 bits per heavy atom. The molecule has 2 heterocycles. The Bertz CT molecular complexity index is 690. The van der Waals surface area contributed by atoms with Gasteiger partial charge in [-0.15, -0.1) is 11.3 Å². The fourth-order valence-electron chi connectivity index (χ4n) is 2.65. The predicted molar refractivity (Wildman–Crippen MR) is 84.3 cm³/mol. The van der Waals surface area contributed by atoms with Gasteiger partial charge in [0.2, 0.25) is 0 Å². The first kappa shape index (κ1) is 14.2. The lowest BCUT2D eigenvalue weighted by Gasteiger charge is -2.15. The van der Waals surface area contributed by atoms with Gasteiger partial charge >= 0.3 is 0 Å². The van der Waals surface area contributed by atoms with E-state index in [4.69, 9.17) is 0 Å². The van der Waals surface area contributed by atoms with Crippen LogP contribution in [0.4, 0.5) is 4.39 Å². The minimum Gasteiger partial charge on any atom is -0.319 e. The number of hydrogen-bond acceptors (Lipinski definition) is 3. The van der Waals surface area contributed by atoms with Gasteiger partial charge in [0.05, 0.1) is 5.69 Å². The topological polar surface area (TPSA) is 29.3 Å². The predicted octanol–water partition coefficient (Wildman–Crippen LogP) is 3.16. The Labute approximate surface area is 127 Å². The number of aromatic nitrogens is 2. The Kier molecular flexibility index (Phi) is 4.31. The first-order chi connectivity index (χ1) is 10.3. The minimum atomic E-state index is -0.121. The molecule has 3 rings (SSSR count). The third-order valence-corrected chi connectivity index (χ3v) is 4.37. The van der Waals surface area contributed by atoms with Gasteiger partial charge in [-0.2, -0.15) is 0 Å². The number of halogens is 1. The van der Waals surface area contributed by atoms with Crippen molar-refractivity contribution >= 4 is 16.3 Å². The second-order valence-corrected chi connectivity index (χ2v) is 6.12. The molecule has 0 saturated carbocycles. The van der Waals surface area contributed by atoms with Crippen LogP contribution in [0.5, 0.6) is 0 Å². The van der Waals surface area contributed by atoms with Gasteiger partial charge in [0, 0.05) is 17.8 Å². The molecule has 0 amide bonds. The lowest BCUT2D eigenvalue weighted by molar-refractivity contribution is 0.476. The Hall–Kier alpha value is -1.72. The zero-order chi connectivity index (χ0) is 14.7. The van der Waals surface area contributed by atoms with Crippen LogP contribution in [-0.4, -0.2) is 23.0 Å². The van der Waals surface area contributed by atoms with E-state index in [0.29, 0.717) is 5.92 Å². The molecule has 2 aromatic heterocycles. The summed E-state index contributed by atoms with van der Waals surface area (Å²) in [4.78, 5) is 5.63. The molecule has 110 valence electrons. The maximum atomic E-state index is 13.8. The molecule has 0 aliphatic carbocycles. The zero-order valence-corrected chi connectivity index (χ0v) is 12.7. The number of nitrogens with one attached hydrogen (secondary N) is 1. The SMILES string of the molecule is CNCC(Cc1cn2ccsc2n1)Cc1ccccc1F. The van der Waals surface area contributed by atoms with Gasteiger partial charge in [-0.05, 0) is 44.0 Å². The summed E-state index contributed by atoms with van der Waals surface area (Å²) < 4.78 is 15.8. The van der Waals surface area contributed by atoms with Crippen LogP contribution in [0.15, 0.2) is 42.0 Å².